The molecule has 0 unspecified atom stereocenters. The molecule has 0 aromatic heterocycles. The molecule has 184 valence electrons. The maximum atomic E-state index is 13.5. The summed E-state index contributed by atoms with van der Waals surface area (Å²) < 4.78 is 27.9. The summed E-state index contributed by atoms with van der Waals surface area (Å²) in [5, 5.41) is 3.11. The highest BCUT2D eigenvalue weighted by molar-refractivity contribution is 7.92. The molecule has 0 aliphatic carbocycles. The summed E-state index contributed by atoms with van der Waals surface area (Å²) in [4.78, 5) is 15.4. The highest BCUT2D eigenvalue weighted by atomic mass is 35.5. The molecule has 1 N–H and O–H groups in total. The molecule has 1 amide bonds. The van der Waals surface area contributed by atoms with Crippen molar-refractivity contribution in [1.82, 2.24) is 10.2 Å². The summed E-state index contributed by atoms with van der Waals surface area (Å²) >= 11 is 12.5. The summed E-state index contributed by atoms with van der Waals surface area (Å²) in [5.74, 6) is -0.453. The van der Waals surface area contributed by atoms with Crippen LogP contribution >= 0.6 is 23.2 Å². The van der Waals surface area contributed by atoms with Gasteiger partial charge >= 0.3 is 0 Å². The van der Waals surface area contributed by atoms with E-state index in [1.807, 2.05) is 12.1 Å². The molecule has 1 heterocycles. The fourth-order valence-corrected chi connectivity index (χ4v) is 6.03. The van der Waals surface area contributed by atoms with Crippen LogP contribution < -0.4 is 9.62 Å². The number of carbonyl (C=O) groups is 1. The van der Waals surface area contributed by atoms with Crippen LogP contribution in [0, 0.1) is 0 Å². The predicted molar refractivity (Wildman–Crippen MR) is 140 cm³/mol. The normalized spacial score (nSPS) is 14.1. The smallest absolute Gasteiger partial charge is 0.264 e. The lowest BCUT2D eigenvalue weighted by Gasteiger charge is -2.25. The number of nitrogens with one attached hydrogen (secondary N) is 1. The molecular formula is C26H27Cl2N3O3S. The Balaban J connectivity index is 1.50. The minimum atomic E-state index is -4.07. The number of benzene rings is 3. The number of carbonyl (C=O) groups excluding carboxylic acids is 1. The van der Waals surface area contributed by atoms with Gasteiger partial charge in [0.25, 0.3) is 10.0 Å². The van der Waals surface area contributed by atoms with Crippen molar-refractivity contribution in [3.63, 3.8) is 0 Å². The van der Waals surface area contributed by atoms with E-state index in [0.29, 0.717) is 0 Å². The maximum absolute atomic E-state index is 13.5. The fourth-order valence-electron chi connectivity index (χ4n) is 4.13. The lowest BCUT2D eigenvalue weighted by Crippen LogP contribution is -2.40. The zero-order chi connectivity index (χ0) is 24.8. The van der Waals surface area contributed by atoms with Crippen LogP contribution in [0.2, 0.25) is 10.0 Å². The maximum Gasteiger partial charge on any atom is 0.264 e. The van der Waals surface area contributed by atoms with Gasteiger partial charge in [0.2, 0.25) is 5.91 Å². The third-order valence-corrected chi connectivity index (χ3v) is 8.49. The topological polar surface area (TPSA) is 69.7 Å². The number of hydrogen-bond donors (Lipinski definition) is 1. The van der Waals surface area contributed by atoms with E-state index in [-0.39, 0.29) is 27.2 Å². The minimum absolute atomic E-state index is 0.0541. The van der Waals surface area contributed by atoms with E-state index in [2.05, 4.69) is 22.3 Å². The van der Waals surface area contributed by atoms with E-state index in [0.717, 1.165) is 29.5 Å². The van der Waals surface area contributed by atoms with Gasteiger partial charge in [-0.25, -0.2) is 8.42 Å². The first kappa shape index (κ1) is 25.5. The SMILES string of the molecule is O=C(CN(c1cccc(Cl)c1Cl)S(=O)(=O)c1ccccc1)NCc1cccc(CN2CCCC2)c1. The minimum Gasteiger partial charge on any atom is -0.350 e. The summed E-state index contributed by atoms with van der Waals surface area (Å²) in [6.07, 6.45) is 2.46. The van der Waals surface area contributed by atoms with Crippen LogP contribution in [0.3, 0.4) is 0 Å². The van der Waals surface area contributed by atoms with Gasteiger partial charge < -0.3 is 5.32 Å². The number of likely N-dealkylation sites (tertiary alicyclic amines) is 1. The van der Waals surface area contributed by atoms with Gasteiger partial charge in [0.15, 0.2) is 0 Å². The van der Waals surface area contributed by atoms with Crippen LogP contribution in [0.4, 0.5) is 5.69 Å². The van der Waals surface area contributed by atoms with Crippen molar-refractivity contribution in [2.75, 3.05) is 23.9 Å². The molecule has 3 aromatic rings. The fraction of sp³-hybridized carbons (Fsp3) is 0.269. The van der Waals surface area contributed by atoms with E-state index >= 15 is 0 Å². The molecule has 1 aliphatic rings. The highest BCUT2D eigenvalue weighted by Crippen LogP contribution is 2.35. The van der Waals surface area contributed by atoms with Crippen molar-refractivity contribution in [1.29, 1.82) is 0 Å². The second-order valence-corrected chi connectivity index (χ2v) is 11.1. The zero-order valence-electron chi connectivity index (χ0n) is 19.2. The Hall–Kier alpha value is -2.58. The van der Waals surface area contributed by atoms with Gasteiger partial charge in [0.1, 0.15) is 6.54 Å². The van der Waals surface area contributed by atoms with Gasteiger partial charge in [0, 0.05) is 13.1 Å². The van der Waals surface area contributed by atoms with Crippen LogP contribution in [0.25, 0.3) is 0 Å². The second kappa shape index (κ2) is 11.4. The molecule has 3 aromatic carbocycles. The quantitative estimate of drug-likeness (QED) is 0.417. The van der Waals surface area contributed by atoms with Crippen LogP contribution in [0.15, 0.2) is 77.7 Å². The number of amides is 1. The molecule has 0 atom stereocenters. The number of sulfonamides is 1. The molecule has 1 saturated heterocycles. The average molecular weight is 532 g/mol. The van der Waals surface area contributed by atoms with Crippen molar-refractivity contribution < 1.29 is 13.2 Å². The van der Waals surface area contributed by atoms with Crippen LogP contribution in [0.5, 0.6) is 0 Å². The Morgan fingerprint density at radius 2 is 1.60 bits per heavy atom. The van der Waals surface area contributed by atoms with Gasteiger partial charge in [0.05, 0.1) is 20.6 Å². The number of anilines is 1. The summed E-state index contributed by atoms with van der Waals surface area (Å²) in [5.41, 5.74) is 2.29. The third-order valence-electron chi connectivity index (χ3n) is 5.90. The van der Waals surface area contributed by atoms with E-state index in [1.54, 1.807) is 30.3 Å². The van der Waals surface area contributed by atoms with Gasteiger partial charge in [-0.05, 0) is 61.3 Å². The molecule has 9 heteroatoms. The number of halogens is 2. The number of rotatable bonds is 9. The Labute approximate surface area is 216 Å². The molecule has 4 rings (SSSR count). The standard InChI is InChI=1S/C26H27Cl2N3O3S/c27-23-12-7-13-24(26(23)28)31(35(33,34)22-10-2-1-3-11-22)19-25(32)29-17-20-8-6-9-21(16-20)18-30-14-4-5-15-30/h1-3,6-13,16H,4-5,14-15,17-19H2,(H,29,32). The predicted octanol–water partition coefficient (Wildman–Crippen LogP) is 5.10. The summed E-state index contributed by atoms with van der Waals surface area (Å²) in [6.45, 7) is 2.95. The van der Waals surface area contributed by atoms with Gasteiger partial charge in [-0.15, -0.1) is 0 Å². The first-order valence-electron chi connectivity index (χ1n) is 11.4. The van der Waals surface area contributed by atoms with Gasteiger partial charge in [-0.1, -0.05) is 71.7 Å². The molecule has 0 radical (unpaired) electrons. The molecule has 35 heavy (non-hydrogen) atoms. The van der Waals surface area contributed by atoms with Crippen molar-refractivity contribution in [2.24, 2.45) is 0 Å². The third kappa shape index (κ3) is 6.35. The van der Waals surface area contributed by atoms with Gasteiger partial charge in [-0.3, -0.25) is 14.0 Å². The van der Waals surface area contributed by atoms with E-state index < -0.39 is 22.5 Å². The lowest BCUT2D eigenvalue weighted by molar-refractivity contribution is -0.119. The Bertz CT molecular complexity index is 1280. The molecular weight excluding hydrogens is 505 g/mol. The van der Waals surface area contributed by atoms with E-state index in [1.165, 1.54) is 36.6 Å². The monoisotopic (exact) mass is 531 g/mol. The van der Waals surface area contributed by atoms with Crippen molar-refractivity contribution in [3.8, 4) is 0 Å². The summed E-state index contributed by atoms with van der Waals surface area (Å²) in [6, 6.07) is 20.7. The van der Waals surface area contributed by atoms with Gasteiger partial charge in [-0.2, -0.15) is 0 Å². The molecule has 0 bridgehead atoms. The molecule has 1 fully saturated rings. The lowest BCUT2D eigenvalue weighted by atomic mass is 10.1. The van der Waals surface area contributed by atoms with Crippen LogP contribution in [-0.2, 0) is 27.9 Å². The van der Waals surface area contributed by atoms with Crippen molar-refractivity contribution in [2.45, 2.75) is 30.8 Å². The van der Waals surface area contributed by atoms with Crippen molar-refractivity contribution in [3.05, 3.63) is 94.0 Å². The Kier molecular flexibility index (Phi) is 8.34. The van der Waals surface area contributed by atoms with Crippen LogP contribution in [-0.4, -0.2) is 38.9 Å². The molecule has 1 aliphatic heterocycles. The summed E-state index contributed by atoms with van der Waals surface area (Å²) in [7, 11) is -4.07. The Morgan fingerprint density at radius 3 is 2.34 bits per heavy atom. The van der Waals surface area contributed by atoms with E-state index in [9.17, 15) is 13.2 Å². The molecule has 0 spiro atoms. The number of nitrogens with zero attached hydrogens (tertiary/aromatic N) is 2. The second-order valence-electron chi connectivity index (χ2n) is 8.48. The average Bonchev–Trinajstić information content (AvgIpc) is 3.37. The van der Waals surface area contributed by atoms with Crippen molar-refractivity contribution >= 4 is 44.8 Å². The highest BCUT2D eigenvalue weighted by Gasteiger charge is 2.29. The largest absolute Gasteiger partial charge is 0.350 e. The molecule has 0 saturated carbocycles. The van der Waals surface area contributed by atoms with E-state index in [4.69, 9.17) is 23.2 Å². The molecule has 6 nitrogen and oxygen atoms in total. The number of hydrogen-bond acceptors (Lipinski definition) is 4. The Morgan fingerprint density at radius 1 is 0.914 bits per heavy atom. The first-order valence-corrected chi connectivity index (χ1v) is 13.6. The zero-order valence-corrected chi connectivity index (χ0v) is 21.5. The first-order chi connectivity index (χ1) is 16.8. The van der Waals surface area contributed by atoms with Crippen LogP contribution in [0.1, 0.15) is 24.0 Å².